The molecule has 0 radical (unpaired) electrons. The van der Waals surface area contributed by atoms with E-state index >= 15 is 0 Å². The summed E-state index contributed by atoms with van der Waals surface area (Å²) in [7, 11) is -4.28. The maximum atomic E-state index is 11.6. The second-order valence-corrected chi connectivity index (χ2v) is 10.7. The number of aryl methyl sites for hydroxylation is 2. The lowest BCUT2D eigenvalue weighted by atomic mass is 9.89. The van der Waals surface area contributed by atoms with Crippen LogP contribution in [0.5, 0.6) is 0 Å². The Balaban J connectivity index is 1.62. The SMILES string of the molecule is Cc1noc(C)c1-c1cnc2c(-c3ccc(P(=O)(O)O)cc3)cn(CC3CCCCC3)c2c1. The van der Waals surface area contributed by atoms with Gasteiger partial charge in [-0.25, -0.2) is 0 Å². The number of hydrogen-bond donors (Lipinski definition) is 2. The number of pyridine rings is 1. The Morgan fingerprint density at radius 2 is 1.82 bits per heavy atom. The molecule has 4 aromatic rings. The molecular weight excluding hydrogens is 437 g/mol. The van der Waals surface area contributed by atoms with Crippen molar-refractivity contribution in [3.8, 4) is 22.3 Å². The molecular formula is C25H28N3O4P. The van der Waals surface area contributed by atoms with Gasteiger partial charge in [0.2, 0.25) is 0 Å². The summed E-state index contributed by atoms with van der Waals surface area (Å²) in [6.45, 7) is 4.78. The predicted molar refractivity (Wildman–Crippen MR) is 128 cm³/mol. The first kappa shape index (κ1) is 22.1. The Labute approximate surface area is 192 Å². The Morgan fingerprint density at radius 3 is 2.45 bits per heavy atom. The molecule has 0 atom stereocenters. The summed E-state index contributed by atoms with van der Waals surface area (Å²) in [4.78, 5) is 23.7. The molecule has 0 spiro atoms. The van der Waals surface area contributed by atoms with Gasteiger partial charge in [-0.15, -0.1) is 0 Å². The Morgan fingerprint density at radius 1 is 1.09 bits per heavy atom. The number of nitrogens with zero attached hydrogens (tertiary/aromatic N) is 3. The monoisotopic (exact) mass is 465 g/mol. The van der Waals surface area contributed by atoms with Crippen LogP contribution >= 0.6 is 7.60 Å². The highest BCUT2D eigenvalue weighted by Gasteiger charge is 2.21. The van der Waals surface area contributed by atoms with Gasteiger partial charge in [0.25, 0.3) is 0 Å². The van der Waals surface area contributed by atoms with E-state index < -0.39 is 7.60 Å². The van der Waals surface area contributed by atoms with Crippen LogP contribution in [0.15, 0.2) is 47.2 Å². The smallest absolute Gasteiger partial charge is 0.356 e. The lowest BCUT2D eigenvalue weighted by molar-refractivity contribution is 0.323. The summed E-state index contributed by atoms with van der Waals surface area (Å²) in [6.07, 6.45) is 10.3. The topological polar surface area (TPSA) is 101 Å². The van der Waals surface area contributed by atoms with Crippen molar-refractivity contribution in [3.05, 3.63) is 54.2 Å². The van der Waals surface area contributed by atoms with Crippen LogP contribution in [-0.4, -0.2) is 24.5 Å². The summed E-state index contributed by atoms with van der Waals surface area (Å²) in [5, 5.41) is 4.12. The number of fused-ring (bicyclic) bond motifs is 1. The highest BCUT2D eigenvalue weighted by molar-refractivity contribution is 7.60. The molecule has 0 aliphatic heterocycles. The Hall–Kier alpha value is -2.73. The standard InChI is InChI=1S/C25H28N3O4P/c1-16-24(17(2)32-27-16)20-12-23-25(26-13-20)22(15-28(23)14-18-6-4-3-5-7-18)19-8-10-21(11-9-19)33(29,30)31/h8-13,15,18H,3-7,14H2,1-2H3,(H2,29,30,31). The van der Waals surface area contributed by atoms with E-state index in [9.17, 15) is 14.4 Å². The molecule has 1 aliphatic carbocycles. The molecule has 0 saturated heterocycles. The van der Waals surface area contributed by atoms with E-state index in [1.165, 1.54) is 44.2 Å². The molecule has 33 heavy (non-hydrogen) atoms. The largest absolute Gasteiger partial charge is 0.361 e. The fraction of sp³-hybridized carbons (Fsp3) is 0.360. The van der Waals surface area contributed by atoms with Crippen LogP contribution in [0.3, 0.4) is 0 Å². The minimum absolute atomic E-state index is 0.0193. The first-order valence-corrected chi connectivity index (χ1v) is 13.0. The molecule has 1 saturated carbocycles. The summed E-state index contributed by atoms with van der Waals surface area (Å²) < 4.78 is 19.3. The van der Waals surface area contributed by atoms with Crippen molar-refractivity contribution in [2.24, 2.45) is 5.92 Å². The van der Waals surface area contributed by atoms with E-state index in [0.29, 0.717) is 5.92 Å². The van der Waals surface area contributed by atoms with Crippen molar-refractivity contribution in [1.82, 2.24) is 14.7 Å². The molecule has 0 amide bonds. The van der Waals surface area contributed by atoms with Crippen molar-refractivity contribution < 1.29 is 18.9 Å². The number of rotatable bonds is 5. The van der Waals surface area contributed by atoms with Gasteiger partial charge in [0.15, 0.2) is 0 Å². The van der Waals surface area contributed by atoms with Crippen LogP contribution in [0, 0.1) is 19.8 Å². The van der Waals surface area contributed by atoms with Gasteiger partial charge in [-0.1, -0.05) is 36.6 Å². The quantitative estimate of drug-likeness (QED) is 0.385. The van der Waals surface area contributed by atoms with Crippen LogP contribution < -0.4 is 5.30 Å². The lowest BCUT2D eigenvalue weighted by Crippen LogP contribution is -2.13. The zero-order valence-corrected chi connectivity index (χ0v) is 19.8. The lowest BCUT2D eigenvalue weighted by Gasteiger charge is -2.22. The highest BCUT2D eigenvalue weighted by Crippen LogP contribution is 2.37. The molecule has 3 aromatic heterocycles. The zero-order valence-electron chi connectivity index (χ0n) is 18.9. The zero-order chi connectivity index (χ0) is 23.2. The van der Waals surface area contributed by atoms with Gasteiger partial charge < -0.3 is 18.9 Å². The van der Waals surface area contributed by atoms with E-state index in [-0.39, 0.29) is 5.30 Å². The second kappa shape index (κ2) is 8.56. The molecule has 172 valence electrons. The van der Waals surface area contributed by atoms with E-state index in [4.69, 9.17) is 9.51 Å². The third kappa shape index (κ3) is 4.29. The van der Waals surface area contributed by atoms with E-state index in [2.05, 4.69) is 22.0 Å². The number of benzene rings is 1. The average Bonchev–Trinajstić information content (AvgIpc) is 3.33. The molecule has 7 nitrogen and oxygen atoms in total. The molecule has 3 heterocycles. The summed E-state index contributed by atoms with van der Waals surface area (Å²) in [5.74, 6) is 1.41. The third-order valence-electron chi connectivity index (χ3n) is 6.73. The fourth-order valence-electron chi connectivity index (χ4n) is 5.04. The Bertz CT molecular complexity index is 1320. The van der Waals surface area contributed by atoms with Gasteiger partial charge in [0, 0.05) is 35.6 Å². The minimum atomic E-state index is -4.28. The average molecular weight is 465 g/mol. The van der Waals surface area contributed by atoms with Crippen LogP contribution in [0.4, 0.5) is 0 Å². The number of hydrogen-bond acceptors (Lipinski definition) is 4. The Kier molecular flexibility index (Phi) is 5.73. The maximum absolute atomic E-state index is 11.6. The third-order valence-corrected chi connectivity index (χ3v) is 7.70. The normalized spacial score (nSPS) is 15.4. The van der Waals surface area contributed by atoms with E-state index in [1.54, 1.807) is 12.1 Å². The van der Waals surface area contributed by atoms with Crippen molar-refractivity contribution in [1.29, 1.82) is 0 Å². The first-order valence-electron chi connectivity index (χ1n) is 11.4. The first-order chi connectivity index (χ1) is 15.8. The molecule has 1 aliphatic rings. The van der Waals surface area contributed by atoms with Gasteiger partial charge in [0.1, 0.15) is 5.76 Å². The van der Waals surface area contributed by atoms with Gasteiger partial charge >= 0.3 is 7.60 Å². The summed E-state index contributed by atoms with van der Waals surface area (Å²) >= 11 is 0. The van der Waals surface area contributed by atoms with Crippen molar-refractivity contribution in [3.63, 3.8) is 0 Å². The second-order valence-electron chi connectivity index (χ2n) is 9.08. The van der Waals surface area contributed by atoms with Gasteiger partial charge in [-0.3, -0.25) is 9.55 Å². The molecule has 5 rings (SSSR count). The van der Waals surface area contributed by atoms with Gasteiger partial charge in [0.05, 0.1) is 22.0 Å². The molecule has 0 bridgehead atoms. The van der Waals surface area contributed by atoms with Crippen LogP contribution in [0.25, 0.3) is 33.3 Å². The fourth-order valence-corrected chi connectivity index (χ4v) is 5.58. The maximum Gasteiger partial charge on any atom is 0.356 e. The summed E-state index contributed by atoms with van der Waals surface area (Å²) in [6, 6.07) is 8.68. The van der Waals surface area contributed by atoms with E-state index in [0.717, 1.165) is 51.3 Å². The van der Waals surface area contributed by atoms with Gasteiger partial charge in [-0.05, 0) is 56.4 Å². The van der Waals surface area contributed by atoms with Crippen molar-refractivity contribution >= 4 is 23.9 Å². The molecule has 0 unspecified atom stereocenters. The van der Waals surface area contributed by atoms with Crippen molar-refractivity contribution in [2.75, 3.05) is 0 Å². The van der Waals surface area contributed by atoms with Crippen molar-refractivity contribution in [2.45, 2.75) is 52.5 Å². The van der Waals surface area contributed by atoms with Gasteiger partial charge in [-0.2, -0.15) is 0 Å². The molecule has 8 heteroatoms. The number of aromatic nitrogens is 3. The molecule has 1 fully saturated rings. The van der Waals surface area contributed by atoms with Crippen LogP contribution in [0.1, 0.15) is 43.6 Å². The van der Waals surface area contributed by atoms with E-state index in [1.807, 2.05) is 20.0 Å². The summed E-state index contributed by atoms with van der Waals surface area (Å²) in [5.41, 5.74) is 6.57. The molecule has 2 N–H and O–H groups in total. The van der Waals surface area contributed by atoms with Crippen LogP contribution in [0.2, 0.25) is 0 Å². The molecule has 1 aromatic carbocycles. The van der Waals surface area contributed by atoms with Crippen LogP contribution in [-0.2, 0) is 11.1 Å². The highest BCUT2D eigenvalue weighted by atomic mass is 31.2. The minimum Gasteiger partial charge on any atom is -0.361 e. The predicted octanol–water partition coefficient (Wildman–Crippen LogP) is 5.36.